The number of carbonyl (C=O) groups excluding carboxylic acids is 1. The predicted molar refractivity (Wildman–Crippen MR) is 101 cm³/mol. The maximum Gasteiger partial charge on any atom is 0.264 e. The van der Waals surface area contributed by atoms with Crippen LogP contribution in [0.5, 0.6) is 0 Å². The topological polar surface area (TPSA) is 23.6 Å². The lowest BCUT2D eigenvalue weighted by Gasteiger charge is -2.36. The molecule has 1 fully saturated rings. The highest BCUT2D eigenvalue weighted by molar-refractivity contribution is 7.20. The maximum atomic E-state index is 13.8. The molecule has 0 bridgehead atoms. The number of hydrogen-bond acceptors (Lipinski definition) is 3. The standard InChI is InChI=1S/C19H16ClFN2OS/c20-13-4-6-14(7-5-13)22-8-10-23(11-9-22)19(24)18-12-15-16(21)2-1-3-17(15)25-18/h1-7,12H,8-11H2. The number of halogens is 2. The molecule has 128 valence electrons. The van der Waals surface area contributed by atoms with E-state index in [-0.39, 0.29) is 11.7 Å². The highest BCUT2D eigenvalue weighted by Crippen LogP contribution is 2.29. The van der Waals surface area contributed by atoms with Gasteiger partial charge < -0.3 is 9.80 Å². The quantitative estimate of drug-likeness (QED) is 0.651. The minimum absolute atomic E-state index is 0.0173. The monoisotopic (exact) mass is 374 g/mol. The zero-order valence-electron chi connectivity index (χ0n) is 13.4. The number of carbonyl (C=O) groups is 1. The van der Waals surface area contributed by atoms with Gasteiger partial charge >= 0.3 is 0 Å². The van der Waals surface area contributed by atoms with Gasteiger partial charge in [-0.15, -0.1) is 11.3 Å². The summed E-state index contributed by atoms with van der Waals surface area (Å²) in [7, 11) is 0. The van der Waals surface area contributed by atoms with Crippen LogP contribution >= 0.6 is 22.9 Å². The van der Waals surface area contributed by atoms with Gasteiger partial charge in [-0.2, -0.15) is 0 Å². The lowest BCUT2D eigenvalue weighted by atomic mass is 10.2. The van der Waals surface area contributed by atoms with Crippen LogP contribution in [0.1, 0.15) is 9.67 Å². The van der Waals surface area contributed by atoms with Crippen molar-refractivity contribution in [2.75, 3.05) is 31.1 Å². The molecule has 3 nitrogen and oxygen atoms in total. The minimum atomic E-state index is -0.277. The SMILES string of the molecule is O=C(c1cc2c(F)cccc2s1)N1CCN(c2ccc(Cl)cc2)CC1. The van der Waals surface area contributed by atoms with Crippen LogP contribution in [0.25, 0.3) is 10.1 Å². The summed E-state index contributed by atoms with van der Waals surface area (Å²) >= 11 is 7.28. The first kappa shape index (κ1) is 16.4. The van der Waals surface area contributed by atoms with Gasteiger partial charge in [-0.25, -0.2) is 4.39 Å². The lowest BCUT2D eigenvalue weighted by molar-refractivity contribution is 0.0752. The van der Waals surface area contributed by atoms with Crippen molar-refractivity contribution in [2.45, 2.75) is 0 Å². The number of anilines is 1. The number of piperazine rings is 1. The highest BCUT2D eigenvalue weighted by Gasteiger charge is 2.24. The van der Waals surface area contributed by atoms with Crippen molar-refractivity contribution < 1.29 is 9.18 Å². The van der Waals surface area contributed by atoms with Crippen molar-refractivity contribution in [3.05, 3.63) is 64.2 Å². The number of rotatable bonds is 2. The second kappa shape index (κ2) is 6.65. The molecule has 0 radical (unpaired) electrons. The number of hydrogen-bond donors (Lipinski definition) is 0. The molecular weight excluding hydrogens is 359 g/mol. The van der Waals surface area contributed by atoms with Crippen molar-refractivity contribution in [1.82, 2.24) is 4.90 Å². The number of nitrogens with zero attached hydrogens (tertiary/aromatic N) is 2. The summed E-state index contributed by atoms with van der Waals surface area (Å²) in [5.74, 6) is -0.295. The summed E-state index contributed by atoms with van der Waals surface area (Å²) in [6.07, 6.45) is 0. The van der Waals surface area contributed by atoms with Crippen LogP contribution in [-0.4, -0.2) is 37.0 Å². The van der Waals surface area contributed by atoms with Crippen LogP contribution in [-0.2, 0) is 0 Å². The van der Waals surface area contributed by atoms with E-state index in [1.807, 2.05) is 35.2 Å². The summed E-state index contributed by atoms with van der Waals surface area (Å²) in [5.41, 5.74) is 1.11. The molecule has 0 N–H and O–H groups in total. The lowest BCUT2D eigenvalue weighted by Crippen LogP contribution is -2.48. The van der Waals surface area contributed by atoms with E-state index in [2.05, 4.69) is 4.90 Å². The van der Waals surface area contributed by atoms with E-state index in [1.165, 1.54) is 17.4 Å². The highest BCUT2D eigenvalue weighted by atomic mass is 35.5. The van der Waals surface area contributed by atoms with Crippen LogP contribution in [0.15, 0.2) is 48.5 Å². The third kappa shape index (κ3) is 3.22. The van der Waals surface area contributed by atoms with Gasteiger partial charge in [0, 0.05) is 47.0 Å². The fourth-order valence-corrected chi connectivity index (χ4v) is 4.28. The van der Waals surface area contributed by atoms with Gasteiger partial charge in [0.05, 0.1) is 4.88 Å². The smallest absolute Gasteiger partial charge is 0.264 e. The maximum absolute atomic E-state index is 13.8. The molecule has 0 spiro atoms. The third-order valence-electron chi connectivity index (χ3n) is 4.48. The van der Waals surface area contributed by atoms with E-state index in [4.69, 9.17) is 11.6 Å². The van der Waals surface area contributed by atoms with E-state index < -0.39 is 0 Å². The molecule has 2 aromatic carbocycles. The van der Waals surface area contributed by atoms with Crippen LogP contribution in [0.2, 0.25) is 5.02 Å². The van der Waals surface area contributed by atoms with Crippen LogP contribution in [0, 0.1) is 5.82 Å². The van der Waals surface area contributed by atoms with Gasteiger partial charge in [0.25, 0.3) is 5.91 Å². The normalized spacial score (nSPS) is 15.0. The number of benzene rings is 2. The Kier molecular flexibility index (Phi) is 4.36. The molecule has 4 rings (SSSR count). The third-order valence-corrected chi connectivity index (χ3v) is 5.82. The van der Waals surface area contributed by atoms with Gasteiger partial charge in [0.2, 0.25) is 0 Å². The molecule has 25 heavy (non-hydrogen) atoms. The van der Waals surface area contributed by atoms with Crippen LogP contribution in [0.3, 0.4) is 0 Å². The molecule has 1 saturated heterocycles. The Bertz CT molecular complexity index is 917. The second-order valence-electron chi connectivity index (χ2n) is 6.02. The first-order valence-corrected chi connectivity index (χ1v) is 9.29. The van der Waals surface area contributed by atoms with Gasteiger partial charge in [0.1, 0.15) is 5.82 Å². The predicted octanol–water partition coefficient (Wildman–Crippen LogP) is 4.66. The molecule has 1 aliphatic rings. The number of thiophene rings is 1. The zero-order valence-corrected chi connectivity index (χ0v) is 15.0. The summed E-state index contributed by atoms with van der Waals surface area (Å²) < 4.78 is 14.6. The molecule has 1 aromatic heterocycles. The molecule has 1 aliphatic heterocycles. The van der Waals surface area contributed by atoms with Gasteiger partial charge in [-0.1, -0.05) is 17.7 Å². The first-order valence-electron chi connectivity index (χ1n) is 8.10. The second-order valence-corrected chi connectivity index (χ2v) is 7.54. The summed E-state index contributed by atoms with van der Waals surface area (Å²) in [6, 6.07) is 14.4. The minimum Gasteiger partial charge on any atom is -0.368 e. The molecule has 6 heteroatoms. The molecule has 3 aromatic rings. The van der Waals surface area contributed by atoms with Gasteiger partial charge in [0.15, 0.2) is 0 Å². The average Bonchev–Trinajstić information content (AvgIpc) is 3.08. The van der Waals surface area contributed by atoms with Crippen molar-refractivity contribution in [1.29, 1.82) is 0 Å². The Morgan fingerprint density at radius 2 is 1.76 bits per heavy atom. The fraction of sp³-hybridized carbons (Fsp3) is 0.211. The Labute approximate surface area is 154 Å². The van der Waals surface area contributed by atoms with E-state index in [0.717, 1.165) is 28.5 Å². The average molecular weight is 375 g/mol. The Balaban J connectivity index is 1.47. The summed E-state index contributed by atoms with van der Waals surface area (Å²) in [5, 5.41) is 1.24. The van der Waals surface area contributed by atoms with Crippen molar-refractivity contribution in [3.63, 3.8) is 0 Å². The van der Waals surface area contributed by atoms with Crippen molar-refractivity contribution >= 4 is 44.6 Å². The van der Waals surface area contributed by atoms with Crippen LogP contribution < -0.4 is 4.90 Å². The summed E-state index contributed by atoms with van der Waals surface area (Å²) in [6.45, 7) is 2.84. The first-order chi connectivity index (χ1) is 12.1. The number of fused-ring (bicyclic) bond motifs is 1. The molecule has 0 unspecified atom stereocenters. The zero-order chi connectivity index (χ0) is 17.4. The Morgan fingerprint density at radius 3 is 2.44 bits per heavy atom. The molecular formula is C19H16ClFN2OS. The molecule has 0 aliphatic carbocycles. The Hall–Kier alpha value is -2.11. The van der Waals surface area contributed by atoms with E-state index in [1.54, 1.807) is 12.1 Å². The summed E-state index contributed by atoms with van der Waals surface area (Å²) in [4.78, 5) is 17.4. The largest absolute Gasteiger partial charge is 0.368 e. The van der Waals surface area contributed by atoms with Crippen molar-refractivity contribution in [3.8, 4) is 0 Å². The van der Waals surface area contributed by atoms with E-state index in [9.17, 15) is 9.18 Å². The van der Waals surface area contributed by atoms with E-state index >= 15 is 0 Å². The van der Waals surface area contributed by atoms with Gasteiger partial charge in [-0.3, -0.25) is 4.79 Å². The number of amides is 1. The fourth-order valence-electron chi connectivity index (χ4n) is 3.11. The molecule has 1 amide bonds. The van der Waals surface area contributed by atoms with Gasteiger partial charge in [-0.05, 0) is 42.5 Å². The Morgan fingerprint density at radius 1 is 1.04 bits per heavy atom. The molecule has 2 heterocycles. The van der Waals surface area contributed by atoms with Crippen LogP contribution in [0.4, 0.5) is 10.1 Å². The molecule has 0 atom stereocenters. The van der Waals surface area contributed by atoms with E-state index in [0.29, 0.717) is 23.4 Å². The molecule has 0 saturated carbocycles. The van der Waals surface area contributed by atoms with Crippen molar-refractivity contribution in [2.24, 2.45) is 0 Å².